The van der Waals surface area contributed by atoms with E-state index < -0.39 is 43.1 Å². The first-order valence-corrected chi connectivity index (χ1v) is 11.6. The molecule has 1 aliphatic heterocycles. The van der Waals surface area contributed by atoms with E-state index in [1.54, 1.807) is 22.9 Å². The predicted octanol–water partition coefficient (Wildman–Crippen LogP) is 3.00. The Bertz CT molecular complexity index is 1130. The monoisotopic (exact) mass is 477 g/mol. The molecule has 7 nitrogen and oxygen atoms in total. The van der Waals surface area contributed by atoms with Crippen LogP contribution in [0.15, 0.2) is 52.4 Å². The second-order valence-corrected chi connectivity index (χ2v) is 9.53. The fraction of sp³-hybridized carbons (Fsp3) is 0.417. The first-order chi connectivity index (χ1) is 15.7. The molecule has 0 spiro atoms. The minimum Gasteiger partial charge on any atom is -0.491 e. The second-order valence-electron chi connectivity index (χ2n) is 8.45. The maximum absolute atomic E-state index is 14.8. The van der Waals surface area contributed by atoms with Gasteiger partial charge in [0.2, 0.25) is 0 Å². The van der Waals surface area contributed by atoms with Crippen LogP contribution in [-0.4, -0.2) is 62.1 Å². The van der Waals surface area contributed by atoms with Gasteiger partial charge < -0.3 is 34.5 Å². The van der Waals surface area contributed by atoms with Crippen LogP contribution in [0.3, 0.4) is 0 Å². The SMILES string of the molecule is Cc1cccc2c1c(Sc1ccc(OC(C)C)cc1F)cn2[C@@H]1O[C@H](CO)[C@@H](O)[C@H](O)[C@H]1O. The van der Waals surface area contributed by atoms with Crippen molar-refractivity contribution in [1.29, 1.82) is 0 Å². The summed E-state index contributed by atoms with van der Waals surface area (Å²) in [7, 11) is 0. The summed E-state index contributed by atoms with van der Waals surface area (Å²) in [5.74, 6) is 0.0345. The zero-order chi connectivity index (χ0) is 23.9. The van der Waals surface area contributed by atoms with Crippen LogP contribution in [0.25, 0.3) is 10.9 Å². The van der Waals surface area contributed by atoms with Crippen LogP contribution in [0, 0.1) is 12.7 Å². The summed E-state index contributed by atoms with van der Waals surface area (Å²) in [5, 5.41) is 41.4. The van der Waals surface area contributed by atoms with Gasteiger partial charge in [0.25, 0.3) is 0 Å². The molecule has 0 bridgehead atoms. The van der Waals surface area contributed by atoms with Gasteiger partial charge in [-0.25, -0.2) is 4.39 Å². The highest BCUT2D eigenvalue weighted by atomic mass is 32.2. The van der Waals surface area contributed by atoms with Crippen molar-refractivity contribution >= 4 is 22.7 Å². The summed E-state index contributed by atoms with van der Waals surface area (Å²) < 4.78 is 27.8. The molecule has 0 unspecified atom stereocenters. The molecule has 33 heavy (non-hydrogen) atoms. The van der Waals surface area contributed by atoms with E-state index in [2.05, 4.69) is 0 Å². The van der Waals surface area contributed by atoms with E-state index in [1.165, 1.54) is 17.8 Å². The van der Waals surface area contributed by atoms with E-state index in [-0.39, 0.29) is 6.10 Å². The lowest BCUT2D eigenvalue weighted by atomic mass is 9.98. The van der Waals surface area contributed by atoms with Crippen LogP contribution in [0.2, 0.25) is 0 Å². The van der Waals surface area contributed by atoms with E-state index >= 15 is 0 Å². The third-order valence-electron chi connectivity index (χ3n) is 5.67. The Morgan fingerprint density at radius 2 is 1.85 bits per heavy atom. The molecule has 1 aliphatic rings. The van der Waals surface area contributed by atoms with E-state index in [0.717, 1.165) is 15.8 Å². The number of hydrogen-bond donors (Lipinski definition) is 4. The molecule has 0 aliphatic carbocycles. The number of aryl methyl sites for hydroxylation is 1. The highest BCUT2D eigenvalue weighted by molar-refractivity contribution is 7.99. The molecule has 178 valence electrons. The third-order valence-corrected chi connectivity index (χ3v) is 6.75. The molecule has 0 saturated carbocycles. The van der Waals surface area contributed by atoms with Gasteiger partial charge in [-0.05, 0) is 44.5 Å². The molecule has 0 radical (unpaired) electrons. The van der Waals surface area contributed by atoms with Gasteiger partial charge in [-0.2, -0.15) is 0 Å². The van der Waals surface area contributed by atoms with E-state index in [1.807, 2.05) is 39.0 Å². The number of benzene rings is 2. The third kappa shape index (κ3) is 4.62. The van der Waals surface area contributed by atoms with Gasteiger partial charge in [-0.3, -0.25) is 0 Å². The van der Waals surface area contributed by atoms with E-state index in [4.69, 9.17) is 9.47 Å². The van der Waals surface area contributed by atoms with Crippen LogP contribution in [0.4, 0.5) is 4.39 Å². The van der Waals surface area contributed by atoms with Crippen molar-refractivity contribution in [1.82, 2.24) is 4.57 Å². The maximum Gasteiger partial charge on any atom is 0.163 e. The Hall–Kier alpha value is -2.14. The predicted molar refractivity (Wildman–Crippen MR) is 122 cm³/mol. The Morgan fingerprint density at radius 3 is 2.52 bits per heavy atom. The van der Waals surface area contributed by atoms with Gasteiger partial charge in [-0.15, -0.1) is 0 Å². The van der Waals surface area contributed by atoms with Gasteiger partial charge in [0, 0.05) is 27.4 Å². The number of aromatic nitrogens is 1. The smallest absolute Gasteiger partial charge is 0.163 e. The summed E-state index contributed by atoms with van der Waals surface area (Å²) in [6.07, 6.45) is -4.79. The Morgan fingerprint density at radius 1 is 1.09 bits per heavy atom. The van der Waals surface area contributed by atoms with Crippen molar-refractivity contribution in [3.05, 3.63) is 54.0 Å². The lowest BCUT2D eigenvalue weighted by Gasteiger charge is -2.40. The fourth-order valence-electron chi connectivity index (χ4n) is 4.08. The Kier molecular flexibility index (Phi) is 6.99. The van der Waals surface area contributed by atoms with Crippen molar-refractivity contribution < 1.29 is 34.3 Å². The highest BCUT2D eigenvalue weighted by Crippen LogP contribution is 2.41. The van der Waals surface area contributed by atoms with Crippen LogP contribution in [0.1, 0.15) is 25.6 Å². The van der Waals surface area contributed by atoms with Crippen LogP contribution in [-0.2, 0) is 4.74 Å². The molecule has 5 atom stereocenters. The van der Waals surface area contributed by atoms with Crippen molar-refractivity contribution in [2.45, 2.75) is 67.3 Å². The topological polar surface area (TPSA) is 104 Å². The lowest BCUT2D eigenvalue weighted by Crippen LogP contribution is -2.56. The zero-order valence-corrected chi connectivity index (χ0v) is 19.4. The number of fused-ring (bicyclic) bond motifs is 1. The lowest BCUT2D eigenvalue weighted by molar-refractivity contribution is -0.250. The summed E-state index contributed by atoms with van der Waals surface area (Å²) in [5.41, 5.74) is 1.65. The first-order valence-electron chi connectivity index (χ1n) is 10.8. The Balaban J connectivity index is 1.74. The average Bonchev–Trinajstić information content (AvgIpc) is 3.13. The number of nitrogens with zero attached hydrogens (tertiary/aromatic N) is 1. The Labute approximate surface area is 195 Å². The highest BCUT2D eigenvalue weighted by Gasteiger charge is 2.44. The molecule has 2 aromatic carbocycles. The summed E-state index contributed by atoms with van der Waals surface area (Å²) in [6, 6.07) is 10.4. The number of hydrogen-bond acceptors (Lipinski definition) is 7. The first kappa shape index (κ1) is 24.0. The van der Waals surface area contributed by atoms with Crippen LogP contribution >= 0.6 is 11.8 Å². The normalized spacial score (nSPS) is 25.7. The van der Waals surface area contributed by atoms with Gasteiger partial charge >= 0.3 is 0 Å². The molecule has 4 N–H and O–H groups in total. The van der Waals surface area contributed by atoms with Crippen molar-refractivity contribution in [2.24, 2.45) is 0 Å². The number of aliphatic hydroxyl groups excluding tert-OH is 4. The minimum atomic E-state index is -1.50. The summed E-state index contributed by atoms with van der Waals surface area (Å²) in [4.78, 5) is 1.14. The molecule has 2 heterocycles. The number of aliphatic hydroxyl groups is 4. The molecule has 0 amide bonds. The molecule has 1 fully saturated rings. The standard InChI is InChI=1S/C24H28FNO6S/c1-12(2)31-14-7-8-18(15(25)9-14)33-19-10-26(16-6-4-5-13(3)20(16)19)24-23(30)22(29)21(28)17(11-27)32-24/h4-10,12,17,21-24,27-30H,11H2,1-3H3/t17-,21-,22+,23-,24-/m1/s1. The quantitative estimate of drug-likeness (QED) is 0.433. The average molecular weight is 478 g/mol. The number of halogens is 1. The van der Waals surface area contributed by atoms with Crippen molar-refractivity contribution in [3.8, 4) is 5.75 Å². The summed E-state index contributed by atoms with van der Waals surface area (Å²) >= 11 is 1.23. The second kappa shape index (κ2) is 9.61. The molecule has 9 heteroatoms. The van der Waals surface area contributed by atoms with E-state index in [9.17, 15) is 24.8 Å². The van der Waals surface area contributed by atoms with Crippen molar-refractivity contribution in [3.63, 3.8) is 0 Å². The maximum atomic E-state index is 14.8. The molecule has 3 aromatic rings. The van der Waals surface area contributed by atoms with Gasteiger partial charge in [0.1, 0.15) is 36.0 Å². The fourth-order valence-corrected chi connectivity index (χ4v) is 5.14. The van der Waals surface area contributed by atoms with Crippen molar-refractivity contribution in [2.75, 3.05) is 6.61 Å². The van der Waals surface area contributed by atoms with Gasteiger partial charge in [-0.1, -0.05) is 23.9 Å². The van der Waals surface area contributed by atoms with Crippen LogP contribution < -0.4 is 4.74 Å². The summed E-state index contributed by atoms with van der Waals surface area (Å²) in [6.45, 7) is 5.16. The number of rotatable bonds is 6. The van der Waals surface area contributed by atoms with E-state index in [0.29, 0.717) is 16.2 Å². The number of ether oxygens (including phenoxy) is 2. The molecular weight excluding hydrogens is 449 g/mol. The molecule has 4 rings (SSSR count). The van der Waals surface area contributed by atoms with Crippen LogP contribution in [0.5, 0.6) is 5.75 Å². The molecule has 1 aromatic heterocycles. The van der Waals surface area contributed by atoms with Gasteiger partial charge in [0.15, 0.2) is 6.23 Å². The molecule has 1 saturated heterocycles. The minimum absolute atomic E-state index is 0.0675. The zero-order valence-electron chi connectivity index (χ0n) is 18.6. The largest absolute Gasteiger partial charge is 0.491 e. The van der Waals surface area contributed by atoms with Gasteiger partial charge in [0.05, 0.1) is 18.2 Å². The molecular formula is C24H28FNO6S.